The molecule has 1 atom stereocenters. The number of para-hydroxylation sites is 1. The lowest BCUT2D eigenvalue weighted by Gasteiger charge is -2.19. The second-order valence-corrected chi connectivity index (χ2v) is 5.68. The summed E-state index contributed by atoms with van der Waals surface area (Å²) in [6, 6.07) is 16.0. The first-order valence-corrected chi connectivity index (χ1v) is 8.24. The zero-order valence-corrected chi connectivity index (χ0v) is 14.2. The minimum atomic E-state index is -0.964. The van der Waals surface area contributed by atoms with Crippen LogP contribution >= 0.6 is 0 Å². The molecule has 0 saturated heterocycles. The molecule has 0 bridgehead atoms. The molecule has 6 nitrogen and oxygen atoms in total. The summed E-state index contributed by atoms with van der Waals surface area (Å²) in [5.41, 5.74) is 2.09. The molecule has 1 unspecified atom stereocenters. The monoisotopic (exact) mass is 341 g/mol. The average molecular weight is 341 g/mol. The normalized spacial score (nSPS) is 11.4. The summed E-state index contributed by atoms with van der Waals surface area (Å²) in [5.74, 6) is -0.964. The van der Waals surface area contributed by atoms with Crippen LogP contribution in [0, 0.1) is 0 Å². The van der Waals surface area contributed by atoms with Crippen molar-refractivity contribution >= 4 is 17.7 Å². The second-order valence-electron chi connectivity index (χ2n) is 5.68. The summed E-state index contributed by atoms with van der Waals surface area (Å²) in [4.78, 5) is 22.8. The van der Waals surface area contributed by atoms with Gasteiger partial charge in [0.1, 0.15) is 0 Å². The third kappa shape index (κ3) is 6.18. The number of carbonyl (C=O) groups is 2. The number of anilines is 1. The third-order valence-electron chi connectivity index (χ3n) is 3.81. The fraction of sp³-hybridized carbons (Fsp3) is 0.263. The van der Waals surface area contributed by atoms with Gasteiger partial charge in [0.15, 0.2) is 0 Å². The maximum absolute atomic E-state index is 12.0. The second kappa shape index (κ2) is 9.32. The summed E-state index contributed by atoms with van der Waals surface area (Å²) < 4.78 is 0. The largest absolute Gasteiger partial charge is 0.478 e. The Balaban J connectivity index is 1.76. The molecule has 0 aromatic heterocycles. The summed E-state index contributed by atoms with van der Waals surface area (Å²) in [6.45, 7) is 3.00. The van der Waals surface area contributed by atoms with Gasteiger partial charge >= 0.3 is 12.0 Å². The Kier molecular flexibility index (Phi) is 6.83. The fourth-order valence-electron chi connectivity index (χ4n) is 2.28. The number of hydrogen-bond acceptors (Lipinski definition) is 3. The van der Waals surface area contributed by atoms with Gasteiger partial charge < -0.3 is 21.1 Å². The third-order valence-corrected chi connectivity index (χ3v) is 3.81. The minimum absolute atomic E-state index is 0.00888. The van der Waals surface area contributed by atoms with Gasteiger partial charge in [-0.2, -0.15) is 0 Å². The number of rotatable bonds is 8. The van der Waals surface area contributed by atoms with Crippen molar-refractivity contribution in [3.8, 4) is 0 Å². The van der Waals surface area contributed by atoms with Gasteiger partial charge in [0.05, 0.1) is 5.56 Å². The Bertz CT molecular complexity index is 687. The molecule has 0 aliphatic rings. The molecule has 2 rings (SSSR count). The van der Waals surface area contributed by atoms with Crippen LogP contribution in [0.5, 0.6) is 0 Å². The molecule has 0 radical (unpaired) electrons. The van der Waals surface area contributed by atoms with Crippen LogP contribution in [0.4, 0.5) is 10.5 Å². The Morgan fingerprint density at radius 1 is 1.04 bits per heavy atom. The van der Waals surface area contributed by atoms with Crippen LogP contribution in [0.15, 0.2) is 54.6 Å². The van der Waals surface area contributed by atoms with Gasteiger partial charge in [-0.05, 0) is 36.2 Å². The van der Waals surface area contributed by atoms with Crippen molar-refractivity contribution in [1.29, 1.82) is 0 Å². The van der Waals surface area contributed by atoms with Gasteiger partial charge in [0, 0.05) is 24.8 Å². The predicted octanol–water partition coefficient (Wildman–Crippen LogP) is 3.07. The van der Waals surface area contributed by atoms with E-state index in [0.29, 0.717) is 13.1 Å². The molecule has 6 heteroatoms. The molecule has 4 N–H and O–H groups in total. The van der Waals surface area contributed by atoms with E-state index in [4.69, 9.17) is 5.11 Å². The zero-order valence-electron chi connectivity index (χ0n) is 14.2. The standard InChI is InChI=1S/C19H23N3O3/c1-2-16(13-20-17-6-4-3-5-7-17)22-19(25)21-12-14-8-10-15(11-9-14)18(23)24/h3-11,16,20H,2,12-13H2,1H3,(H,23,24)(H2,21,22,25). The van der Waals surface area contributed by atoms with Gasteiger partial charge in [0.25, 0.3) is 0 Å². The van der Waals surface area contributed by atoms with Crippen LogP contribution in [0.1, 0.15) is 29.3 Å². The number of aromatic carboxylic acids is 1. The molecule has 0 saturated carbocycles. The highest BCUT2D eigenvalue weighted by Gasteiger charge is 2.10. The summed E-state index contributed by atoms with van der Waals surface area (Å²) >= 11 is 0. The van der Waals surface area contributed by atoms with E-state index >= 15 is 0 Å². The molecule has 2 amide bonds. The lowest BCUT2D eigenvalue weighted by atomic mass is 10.1. The Labute approximate surface area is 147 Å². The summed E-state index contributed by atoms with van der Waals surface area (Å²) in [7, 11) is 0. The average Bonchev–Trinajstić information content (AvgIpc) is 2.64. The van der Waals surface area contributed by atoms with Crippen molar-refractivity contribution in [2.24, 2.45) is 0 Å². The Morgan fingerprint density at radius 3 is 2.32 bits per heavy atom. The molecule has 0 heterocycles. The van der Waals surface area contributed by atoms with Crippen molar-refractivity contribution in [2.45, 2.75) is 25.9 Å². The molecular formula is C19H23N3O3. The highest BCUT2D eigenvalue weighted by molar-refractivity contribution is 5.87. The Morgan fingerprint density at radius 2 is 1.72 bits per heavy atom. The molecule has 132 valence electrons. The van der Waals surface area contributed by atoms with Crippen molar-refractivity contribution in [3.05, 3.63) is 65.7 Å². The number of amides is 2. The first-order chi connectivity index (χ1) is 12.1. The molecule has 0 aliphatic heterocycles. The van der Waals surface area contributed by atoms with E-state index in [2.05, 4.69) is 16.0 Å². The topological polar surface area (TPSA) is 90.5 Å². The number of hydrogen-bond donors (Lipinski definition) is 4. The molecule has 2 aromatic carbocycles. The van der Waals surface area contributed by atoms with Gasteiger partial charge in [-0.1, -0.05) is 37.3 Å². The zero-order chi connectivity index (χ0) is 18.1. The van der Waals surface area contributed by atoms with Crippen molar-refractivity contribution in [2.75, 3.05) is 11.9 Å². The van der Waals surface area contributed by atoms with Crippen LogP contribution in [0.3, 0.4) is 0 Å². The highest BCUT2D eigenvalue weighted by atomic mass is 16.4. The van der Waals surface area contributed by atoms with Crippen LogP contribution in [0.2, 0.25) is 0 Å². The van der Waals surface area contributed by atoms with Gasteiger partial charge in [-0.15, -0.1) is 0 Å². The van der Waals surface area contributed by atoms with E-state index in [1.807, 2.05) is 37.3 Å². The highest BCUT2D eigenvalue weighted by Crippen LogP contribution is 2.06. The first-order valence-electron chi connectivity index (χ1n) is 8.24. The number of urea groups is 1. The maximum atomic E-state index is 12.0. The van der Waals surface area contributed by atoms with Crippen LogP contribution in [-0.4, -0.2) is 29.7 Å². The SMILES string of the molecule is CCC(CNc1ccccc1)NC(=O)NCc1ccc(C(=O)O)cc1. The molecule has 0 aliphatic carbocycles. The fourth-order valence-corrected chi connectivity index (χ4v) is 2.28. The molecule has 0 fully saturated rings. The lowest BCUT2D eigenvalue weighted by Crippen LogP contribution is -2.44. The van der Waals surface area contributed by atoms with Crippen molar-refractivity contribution in [3.63, 3.8) is 0 Å². The minimum Gasteiger partial charge on any atom is -0.478 e. The molecule has 2 aromatic rings. The van der Waals surface area contributed by atoms with Gasteiger partial charge in [-0.25, -0.2) is 9.59 Å². The predicted molar refractivity (Wildman–Crippen MR) is 97.8 cm³/mol. The number of carbonyl (C=O) groups excluding carboxylic acids is 1. The first kappa shape index (κ1) is 18.3. The summed E-state index contributed by atoms with van der Waals surface area (Å²) in [6.07, 6.45) is 0.806. The van der Waals surface area contributed by atoms with Crippen LogP contribution in [0.25, 0.3) is 0 Å². The van der Waals surface area contributed by atoms with E-state index in [-0.39, 0.29) is 17.6 Å². The Hall–Kier alpha value is -3.02. The van der Waals surface area contributed by atoms with E-state index in [0.717, 1.165) is 17.7 Å². The molecule has 25 heavy (non-hydrogen) atoms. The van der Waals surface area contributed by atoms with Crippen molar-refractivity contribution < 1.29 is 14.7 Å². The van der Waals surface area contributed by atoms with Crippen molar-refractivity contribution in [1.82, 2.24) is 10.6 Å². The number of benzene rings is 2. The number of carboxylic acids is 1. The van der Waals surface area contributed by atoms with E-state index in [9.17, 15) is 9.59 Å². The number of carboxylic acid groups (broad SMARTS) is 1. The summed E-state index contributed by atoms with van der Waals surface area (Å²) in [5, 5.41) is 17.9. The van der Waals surface area contributed by atoms with Gasteiger partial charge in [0.2, 0.25) is 0 Å². The molecule has 0 spiro atoms. The van der Waals surface area contributed by atoms with Gasteiger partial charge in [-0.3, -0.25) is 0 Å². The number of nitrogens with one attached hydrogen (secondary N) is 3. The van der Waals surface area contributed by atoms with Crippen LogP contribution < -0.4 is 16.0 Å². The lowest BCUT2D eigenvalue weighted by molar-refractivity contribution is 0.0697. The maximum Gasteiger partial charge on any atom is 0.335 e. The quantitative estimate of drug-likeness (QED) is 0.594. The molecular weight excluding hydrogens is 318 g/mol. The van der Waals surface area contributed by atoms with Crippen LogP contribution in [-0.2, 0) is 6.54 Å². The smallest absolute Gasteiger partial charge is 0.335 e. The van der Waals surface area contributed by atoms with E-state index in [1.165, 1.54) is 12.1 Å². The van der Waals surface area contributed by atoms with E-state index < -0.39 is 5.97 Å². The van der Waals surface area contributed by atoms with E-state index in [1.54, 1.807) is 12.1 Å².